The molecule has 2 atom stereocenters. The number of benzene rings is 1. The van der Waals surface area contributed by atoms with Gasteiger partial charge in [0.05, 0.1) is 0 Å². The lowest BCUT2D eigenvalue weighted by atomic mass is 10.0. The monoisotopic (exact) mass is 243 g/mol. The van der Waals surface area contributed by atoms with Crippen molar-refractivity contribution < 1.29 is 13.9 Å². The Morgan fingerprint density at radius 3 is 2.47 bits per heavy atom. The second-order valence-electron chi connectivity index (χ2n) is 4.42. The van der Waals surface area contributed by atoms with Crippen LogP contribution in [0.1, 0.15) is 37.4 Å². The van der Waals surface area contributed by atoms with Gasteiger partial charge in [0.2, 0.25) is 0 Å². The van der Waals surface area contributed by atoms with Crippen molar-refractivity contribution in [2.45, 2.75) is 39.3 Å². The summed E-state index contributed by atoms with van der Waals surface area (Å²) >= 11 is 0. The average molecular weight is 243 g/mol. The molecule has 0 saturated carbocycles. The molecule has 0 saturated heterocycles. The Balaban J connectivity index is 2.81. The topological polar surface area (TPSA) is 32.3 Å². The molecule has 1 rings (SSSR count). The zero-order valence-electron chi connectivity index (χ0n) is 10.4. The lowest BCUT2D eigenvalue weighted by Crippen LogP contribution is -2.30. The predicted molar refractivity (Wildman–Crippen MR) is 63.8 cm³/mol. The standard InChI is InChI=1S/C13H19F2NO/c1-8-6-13(15)11(7-12(8)14)10(3)16-9(2)4-5-17/h6-7,9-10,16-17H,4-5H2,1-3H3. The molecule has 0 aliphatic heterocycles. The second-order valence-corrected chi connectivity index (χ2v) is 4.42. The summed E-state index contributed by atoms with van der Waals surface area (Å²) in [5.41, 5.74) is 0.625. The molecule has 2 nitrogen and oxygen atoms in total. The molecular formula is C13H19F2NO. The second kappa shape index (κ2) is 6.07. The number of aliphatic hydroxyl groups is 1. The average Bonchev–Trinajstić information content (AvgIpc) is 2.23. The fourth-order valence-corrected chi connectivity index (χ4v) is 1.79. The van der Waals surface area contributed by atoms with Crippen molar-refractivity contribution in [1.82, 2.24) is 5.32 Å². The Morgan fingerprint density at radius 2 is 1.88 bits per heavy atom. The van der Waals surface area contributed by atoms with Crippen LogP contribution in [-0.2, 0) is 0 Å². The first-order valence-corrected chi connectivity index (χ1v) is 5.78. The molecule has 0 bridgehead atoms. The number of hydrogen-bond acceptors (Lipinski definition) is 2. The minimum absolute atomic E-state index is 0.0544. The lowest BCUT2D eigenvalue weighted by molar-refractivity contribution is 0.264. The third-order valence-electron chi connectivity index (χ3n) is 2.84. The molecule has 2 unspecified atom stereocenters. The van der Waals surface area contributed by atoms with Crippen molar-refractivity contribution in [3.05, 3.63) is 34.9 Å². The van der Waals surface area contributed by atoms with Gasteiger partial charge < -0.3 is 10.4 Å². The summed E-state index contributed by atoms with van der Waals surface area (Å²) in [5.74, 6) is -0.801. The number of hydrogen-bond donors (Lipinski definition) is 2. The van der Waals surface area contributed by atoms with E-state index in [1.807, 2.05) is 6.92 Å². The maximum atomic E-state index is 13.7. The molecule has 1 aromatic rings. The number of aryl methyl sites for hydroxylation is 1. The van der Waals surface area contributed by atoms with Crippen molar-refractivity contribution >= 4 is 0 Å². The fourth-order valence-electron chi connectivity index (χ4n) is 1.79. The molecule has 0 heterocycles. The van der Waals surface area contributed by atoms with Gasteiger partial charge in [0, 0.05) is 24.3 Å². The Bertz CT molecular complexity index is 382. The molecule has 0 fully saturated rings. The van der Waals surface area contributed by atoms with Crippen molar-refractivity contribution in [3.63, 3.8) is 0 Å². The molecule has 96 valence electrons. The van der Waals surface area contributed by atoms with Gasteiger partial charge in [0.1, 0.15) is 11.6 Å². The van der Waals surface area contributed by atoms with E-state index in [4.69, 9.17) is 5.11 Å². The quantitative estimate of drug-likeness (QED) is 0.833. The van der Waals surface area contributed by atoms with E-state index in [1.165, 1.54) is 19.1 Å². The maximum Gasteiger partial charge on any atom is 0.128 e. The summed E-state index contributed by atoms with van der Waals surface area (Å²) in [7, 11) is 0. The minimum atomic E-state index is -0.403. The van der Waals surface area contributed by atoms with Gasteiger partial charge in [-0.1, -0.05) is 0 Å². The molecule has 0 aliphatic carbocycles. The van der Waals surface area contributed by atoms with E-state index >= 15 is 0 Å². The van der Waals surface area contributed by atoms with Crippen LogP contribution in [0.3, 0.4) is 0 Å². The van der Waals surface area contributed by atoms with Crippen molar-refractivity contribution in [2.75, 3.05) is 6.61 Å². The highest BCUT2D eigenvalue weighted by Gasteiger charge is 2.15. The highest BCUT2D eigenvalue weighted by atomic mass is 19.1. The largest absolute Gasteiger partial charge is 0.396 e. The Labute approximate surface area is 101 Å². The van der Waals surface area contributed by atoms with Crippen LogP contribution >= 0.6 is 0 Å². The van der Waals surface area contributed by atoms with Crippen LogP contribution in [0.4, 0.5) is 8.78 Å². The molecular weight excluding hydrogens is 224 g/mol. The molecule has 17 heavy (non-hydrogen) atoms. The molecule has 0 aliphatic rings. The van der Waals surface area contributed by atoms with E-state index in [-0.39, 0.29) is 18.7 Å². The molecule has 2 N–H and O–H groups in total. The Hall–Kier alpha value is -1.00. The normalized spacial score (nSPS) is 14.7. The number of nitrogens with one attached hydrogen (secondary N) is 1. The van der Waals surface area contributed by atoms with Crippen LogP contribution in [0.5, 0.6) is 0 Å². The Kier molecular flexibility index (Phi) is 5.02. The molecule has 0 amide bonds. The lowest BCUT2D eigenvalue weighted by Gasteiger charge is -2.20. The Morgan fingerprint density at radius 1 is 1.24 bits per heavy atom. The van der Waals surface area contributed by atoms with Gasteiger partial charge in [0.25, 0.3) is 0 Å². The zero-order valence-corrected chi connectivity index (χ0v) is 10.4. The summed E-state index contributed by atoms with van der Waals surface area (Å²) < 4.78 is 27.0. The molecule has 0 radical (unpaired) electrons. The van der Waals surface area contributed by atoms with Crippen molar-refractivity contribution in [2.24, 2.45) is 0 Å². The zero-order chi connectivity index (χ0) is 13.0. The molecule has 0 aromatic heterocycles. The van der Waals surface area contributed by atoms with Gasteiger partial charge in [0.15, 0.2) is 0 Å². The third kappa shape index (κ3) is 3.75. The van der Waals surface area contributed by atoms with Crippen LogP contribution in [0.15, 0.2) is 12.1 Å². The van der Waals surface area contributed by atoms with Crippen molar-refractivity contribution in [1.29, 1.82) is 0 Å². The summed E-state index contributed by atoms with van der Waals surface area (Å²) in [4.78, 5) is 0. The first kappa shape index (κ1) is 14.1. The summed E-state index contributed by atoms with van der Waals surface area (Å²) in [6.45, 7) is 5.29. The molecule has 0 spiro atoms. The summed E-state index contributed by atoms with van der Waals surface area (Å²) in [5, 5.41) is 11.9. The molecule has 1 aromatic carbocycles. The summed E-state index contributed by atoms with van der Waals surface area (Å²) in [6.07, 6.45) is 0.584. The van der Waals surface area contributed by atoms with Crippen LogP contribution in [0.25, 0.3) is 0 Å². The minimum Gasteiger partial charge on any atom is -0.396 e. The number of halogens is 2. The van der Waals surface area contributed by atoms with Crippen LogP contribution in [0, 0.1) is 18.6 Å². The van der Waals surface area contributed by atoms with Crippen LogP contribution in [0.2, 0.25) is 0 Å². The van der Waals surface area contributed by atoms with Crippen molar-refractivity contribution in [3.8, 4) is 0 Å². The van der Waals surface area contributed by atoms with E-state index in [9.17, 15) is 8.78 Å². The SMILES string of the molecule is Cc1cc(F)c(C(C)NC(C)CCO)cc1F. The predicted octanol–water partition coefficient (Wildman–Crippen LogP) is 2.69. The fraction of sp³-hybridized carbons (Fsp3) is 0.538. The van der Waals surface area contributed by atoms with E-state index in [0.29, 0.717) is 17.5 Å². The first-order chi connectivity index (χ1) is 7.95. The van der Waals surface area contributed by atoms with E-state index in [1.54, 1.807) is 6.92 Å². The third-order valence-corrected chi connectivity index (χ3v) is 2.84. The highest BCUT2D eigenvalue weighted by Crippen LogP contribution is 2.21. The smallest absolute Gasteiger partial charge is 0.128 e. The maximum absolute atomic E-state index is 13.7. The highest BCUT2D eigenvalue weighted by molar-refractivity contribution is 5.27. The summed E-state index contributed by atoms with van der Waals surface area (Å²) in [6, 6.07) is 2.21. The van der Waals surface area contributed by atoms with E-state index in [0.717, 1.165) is 0 Å². The number of rotatable bonds is 5. The first-order valence-electron chi connectivity index (χ1n) is 5.78. The van der Waals surface area contributed by atoms with E-state index in [2.05, 4.69) is 5.32 Å². The van der Waals surface area contributed by atoms with Gasteiger partial charge in [-0.2, -0.15) is 0 Å². The van der Waals surface area contributed by atoms with E-state index < -0.39 is 11.6 Å². The molecule has 4 heteroatoms. The van der Waals surface area contributed by atoms with Gasteiger partial charge in [-0.15, -0.1) is 0 Å². The van der Waals surface area contributed by atoms with Gasteiger partial charge in [-0.05, 0) is 44.9 Å². The van der Waals surface area contributed by atoms with Crippen LogP contribution < -0.4 is 5.32 Å². The van der Waals surface area contributed by atoms with Crippen LogP contribution in [-0.4, -0.2) is 17.8 Å². The van der Waals surface area contributed by atoms with Gasteiger partial charge in [-0.3, -0.25) is 0 Å². The van der Waals surface area contributed by atoms with Gasteiger partial charge >= 0.3 is 0 Å². The van der Waals surface area contributed by atoms with Gasteiger partial charge in [-0.25, -0.2) is 8.78 Å². The number of aliphatic hydroxyl groups excluding tert-OH is 1.